The van der Waals surface area contributed by atoms with Gasteiger partial charge in [-0.3, -0.25) is 10.1 Å². The number of hydrogen-bond donors (Lipinski definition) is 2. The van der Waals surface area contributed by atoms with Crippen molar-refractivity contribution >= 4 is 27.5 Å². The molecule has 0 aliphatic heterocycles. The average molecular weight is 305 g/mol. The fourth-order valence-corrected chi connectivity index (χ4v) is 3.32. The van der Waals surface area contributed by atoms with Crippen molar-refractivity contribution in [3.05, 3.63) is 29.3 Å². The van der Waals surface area contributed by atoms with Crippen LogP contribution >= 0.6 is 11.3 Å². The number of fused-ring (bicyclic) bond motifs is 1. The van der Waals surface area contributed by atoms with E-state index in [1.165, 1.54) is 4.70 Å². The number of benzene rings is 1. The Kier molecular flexibility index (Phi) is 5.31. The van der Waals surface area contributed by atoms with Gasteiger partial charge in [-0.25, -0.2) is 4.98 Å². The summed E-state index contributed by atoms with van der Waals surface area (Å²) in [6, 6.07) is 7.99. The monoisotopic (exact) mass is 305 g/mol. The fourth-order valence-electron chi connectivity index (χ4n) is 2.34. The van der Waals surface area contributed by atoms with E-state index in [9.17, 15) is 4.79 Å². The molecule has 2 aromatic rings. The number of rotatable bonds is 6. The zero-order valence-corrected chi connectivity index (χ0v) is 13.8. The highest BCUT2D eigenvalue weighted by atomic mass is 32.1. The van der Waals surface area contributed by atoms with E-state index < -0.39 is 0 Å². The highest BCUT2D eigenvalue weighted by molar-refractivity contribution is 7.18. The van der Waals surface area contributed by atoms with Crippen LogP contribution in [-0.2, 0) is 4.79 Å². The third kappa shape index (κ3) is 4.02. The number of carbonyl (C=O) groups is 1. The van der Waals surface area contributed by atoms with Gasteiger partial charge in [-0.1, -0.05) is 26.0 Å². The summed E-state index contributed by atoms with van der Waals surface area (Å²) in [5, 5.41) is 7.17. The van der Waals surface area contributed by atoms with Crippen LogP contribution in [-0.4, -0.2) is 24.0 Å². The molecule has 114 valence electrons. The molecule has 1 aromatic carbocycles. The van der Waals surface area contributed by atoms with Crippen LogP contribution in [0.2, 0.25) is 0 Å². The molecule has 5 heteroatoms. The average Bonchev–Trinajstić information content (AvgIpc) is 2.89. The summed E-state index contributed by atoms with van der Waals surface area (Å²) in [6.07, 6.45) is 0.814. The van der Waals surface area contributed by atoms with Gasteiger partial charge in [0.1, 0.15) is 5.01 Å². The van der Waals surface area contributed by atoms with E-state index in [2.05, 4.69) is 42.5 Å². The van der Waals surface area contributed by atoms with Crippen LogP contribution in [0.4, 0.5) is 0 Å². The number of hydrogen-bond acceptors (Lipinski definition) is 4. The predicted molar refractivity (Wildman–Crippen MR) is 88.5 cm³/mol. The normalized spacial score (nSPS) is 14.3. The van der Waals surface area contributed by atoms with Crippen LogP contribution in [0.3, 0.4) is 0 Å². The van der Waals surface area contributed by atoms with Crippen molar-refractivity contribution in [1.82, 2.24) is 15.6 Å². The summed E-state index contributed by atoms with van der Waals surface area (Å²) in [5.74, 6) is 0.499. The van der Waals surface area contributed by atoms with Gasteiger partial charge < -0.3 is 5.32 Å². The predicted octanol–water partition coefficient (Wildman–Crippen LogP) is 3.11. The Balaban J connectivity index is 2.13. The SMILES string of the molecule is CNC(=O)C(CC(C)C)NC(C)c1nc2ccccc2s1. The van der Waals surface area contributed by atoms with Gasteiger partial charge in [0.25, 0.3) is 0 Å². The summed E-state index contributed by atoms with van der Waals surface area (Å²) in [7, 11) is 1.68. The van der Waals surface area contributed by atoms with Gasteiger partial charge in [0.2, 0.25) is 5.91 Å². The van der Waals surface area contributed by atoms with E-state index in [4.69, 9.17) is 0 Å². The molecule has 1 amide bonds. The molecule has 2 rings (SSSR count). The second-order valence-corrected chi connectivity index (χ2v) is 6.77. The van der Waals surface area contributed by atoms with Crippen molar-refractivity contribution in [2.45, 2.75) is 39.3 Å². The molecule has 0 bridgehead atoms. The van der Waals surface area contributed by atoms with E-state index in [1.807, 2.05) is 18.2 Å². The molecule has 1 aromatic heterocycles. The first-order valence-corrected chi connectivity index (χ1v) is 8.16. The molecule has 1 heterocycles. The first kappa shape index (κ1) is 15.9. The highest BCUT2D eigenvalue weighted by Gasteiger charge is 2.22. The van der Waals surface area contributed by atoms with Crippen molar-refractivity contribution in [2.24, 2.45) is 5.92 Å². The molecule has 2 unspecified atom stereocenters. The first-order valence-electron chi connectivity index (χ1n) is 7.34. The Bertz CT molecular complexity index is 575. The summed E-state index contributed by atoms with van der Waals surface area (Å²) in [5.41, 5.74) is 1.02. The molecule has 0 saturated carbocycles. The molecule has 2 N–H and O–H groups in total. The lowest BCUT2D eigenvalue weighted by Gasteiger charge is -2.22. The lowest BCUT2D eigenvalue weighted by Crippen LogP contribution is -2.44. The van der Waals surface area contributed by atoms with Crippen LogP contribution in [0, 0.1) is 5.92 Å². The van der Waals surface area contributed by atoms with Crippen molar-refractivity contribution in [2.75, 3.05) is 7.05 Å². The molecule has 0 radical (unpaired) electrons. The maximum Gasteiger partial charge on any atom is 0.236 e. The highest BCUT2D eigenvalue weighted by Crippen LogP contribution is 2.26. The molecule has 0 aliphatic carbocycles. The Morgan fingerprint density at radius 2 is 2.00 bits per heavy atom. The summed E-state index contributed by atoms with van der Waals surface area (Å²) >= 11 is 1.68. The minimum absolute atomic E-state index is 0.0386. The largest absolute Gasteiger partial charge is 0.358 e. The number of likely N-dealkylation sites (N-methyl/N-ethyl adjacent to an activating group) is 1. The Labute approximate surface area is 130 Å². The van der Waals surface area contributed by atoms with Crippen LogP contribution in [0.15, 0.2) is 24.3 Å². The number of amides is 1. The van der Waals surface area contributed by atoms with Crippen molar-refractivity contribution < 1.29 is 4.79 Å². The molecule has 0 spiro atoms. The van der Waals surface area contributed by atoms with E-state index in [0.29, 0.717) is 5.92 Å². The molecule has 0 saturated heterocycles. The lowest BCUT2D eigenvalue weighted by atomic mass is 10.0. The molecular formula is C16H23N3OS. The minimum Gasteiger partial charge on any atom is -0.358 e. The van der Waals surface area contributed by atoms with Crippen molar-refractivity contribution in [3.8, 4) is 0 Å². The molecule has 2 atom stereocenters. The summed E-state index contributed by atoms with van der Waals surface area (Å²) < 4.78 is 1.18. The number of nitrogens with zero attached hydrogens (tertiary/aromatic N) is 1. The molecule has 0 aliphatic rings. The third-order valence-corrected chi connectivity index (χ3v) is 4.62. The van der Waals surface area contributed by atoms with E-state index in [1.54, 1.807) is 18.4 Å². The number of nitrogens with one attached hydrogen (secondary N) is 2. The van der Waals surface area contributed by atoms with Crippen LogP contribution in [0.25, 0.3) is 10.2 Å². The van der Waals surface area contributed by atoms with Gasteiger partial charge in [-0.15, -0.1) is 11.3 Å². The standard InChI is InChI=1S/C16H23N3OS/c1-10(2)9-13(15(20)17-4)18-11(3)16-19-12-7-5-6-8-14(12)21-16/h5-8,10-11,13,18H,9H2,1-4H3,(H,17,20). The zero-order valence-electron chi connectivity index (χ0n) is 13.0. The van der Waals surface area contributed by atoms with E-state index >= 15 is 0 Å². The number of thiazole rings is 1. The summed E-state index contributed by atoms with van der Waals surface area (Å²) in [4.78, 5) is 16.7. The first-order chi connectivity index (χ1) is 10.0. The van der Waals surface area contributed by atoms with Crippen molar-refractivity contribution in [1.29, 1.82) is 0 Å². The smallest absolute Gasteiger partial charge is 0.236 e. The Morgan fingerprint density at radius 1 is 1.29 bits per heavy atom. The van der Waals surface area contributed by atoms with Gasteiger partial charge >= 0.3 is 0 Å². The molecular weight excluding hydrogens is 282 g/mol. The van der Waals surface area contributed by atoms with Crippen LogP contribution < -0.4 is 10.6 Å². The van der Waals surface area contributed by atoms with Crippen LogP contribution in [0.5, 0.6) is 0 Å². The van der Waals surface area contributed by atoms with Gasteiger partial charge in [0.05, 0.1) is 22.3 Å². The lowest BCUT2D eigenvalue weighted by molar-refractivity contribution is -0.123. The molecule has 0 fully saturated rings. The second-order valence-electron chi connectivity index (χ2n) is 5.70. The number of carbonyl (C=O) groups excluding carboxylic acids is 1. The number of aromatic nitrogens is 1. The Hall–Kier alpha value is -1.46. The van der Waals surface area contributed by atoms with E-state index in [-0.39, 0.29) is 18.0 Å². The topological polar surface area (TPSA) is 54.0 Å². The quantitative estimate of drug-likeness (QED) is 0.862. The Morgan fingerprint density at radius 3 is 2.62 bits per heavy atom. The second kappa shape index (κ2) is 7.00. The number of para-hydroxylation sites is 1. The maximum absolute atomic E-state index is 12.0. The third-order valence-electron chi connectivity index (χ3n) is 3.40. The van der Waals surface area contributed by atoms with Gasteiger partial charge in [0.15, 0.2) is 0 Å². The van der Waals surface area contributed by atoms with Gasteiger partial charge in [0, 0.05) is 7.05 Å². The van der Waals surface area contributed by atoms with Gasteiger partial charge in [-0.2, -0.15) is 0 Å². The fraction of sp³-hybridized carbons (Fsp3) is 0.500. The van der Waals surface area contributed by atoms with Crippen LogP contribution in [0.1, 0.15) is 38.2 Å². The zero-order chi connectivity index (χ0) is 15.4. The van der Waals surface area contributed by atoms with Gasteiger partial charge in [-0.05, 0) is 31.4 Å². The minimum atomic E-state index is -0.183. The maximum atomic E-state index is 12.0. The molecule has 4 nitrogen and oxygen atoms in total. The van der Waals surface area contributed by atoms with Crippen molar-refractivity contribution in [3.63, 3.8) is 0 Å². The van der Waals surface area contributed by atoms with E-state index in [0.717, 1.165) is 16.9 Å². The summed E-state index contributed by atoms with van der Waals surface area (Å²) in [6.45, 7) is 6.31. The molecule has 21 heavy (non-hydrogen) atoms.